The van der Waals surface area contributed by atoms with Crippen LogP contribution in [0.3, 0.4) is 0 Å². The summed E-state index contributed by atoms with van der Waals surface area (Å²) >= 11 is 6.75. The van der Waals surface area contributed by atoms with Crippen LogP contribution in [-0.2, 0) is 15.1 Å². The Labute approximate surface area is 228 Å². The fourth-order valence-corrected chi connectivity index (χ4v) is 5.01. The maximum Gasteiger partial charge on any atom is 0.265 e. The highest BCUT2D eigenvalue weighted by molar-refractivity contribution is 6.33. The van der Waals surface area contributed by atoms with E-state index in [1.54, 1.807) is 42.5 Å². The molecule has 198 valence electrons. The molecule has 0 spiro atoms. The van der Waals surface area contributed by atoms with Crippen LogP contribution in [0.4, 0.5) is 5.69 Å². The van der Waals surface area contributed by atoms with Crippen LogP contribution in [0.2, 0.25) is 5.02 Å². The third-order valence-corrected chi connectivity index (χ3v) is 6.75. The first-order valence-corrected chi connectivity index (χ1v) is 12.5. The molecule has 0 saturated carbocycles. The monoisotopic (exact) mass is 534 g/mol. The molecule has 3 aromatic carbocycles. The Morgan fingerprint density at radius 1 is 0.868 bits per heavy atom. The standard InChI is InChI=1S/C30H31ClN2O5/c1-29(2,3)33-27(34)22(16-19-12-8-7-9-13-19)30(28(33)35,21-14-10-11-15-23(21)31)32-20-17-24(36-4)26(38-6)25(18-20)37-5/h7-18,32H,1-6H3. The molecule has 1 fully saturated rings. The van der Waals surface area contributed by atoms with E-state index in [1.165, 1.54) is 26.2 Å². The maximum atomic E-state index is 14.5. The van der Waals surface area contributed by atoms with Gasteiger partial charge in [-0.25, -0.2) is 0 Å². The minimum absolute atomic E-state index is 0.241. The smallest absolute Gasteiger partial charge is 0.265 e. The molecule has 2 amide bonds. The number of carbonyl (C=O) groups is 2. The summed E-state index contributed by atoms with van der Waals surface area (Å²) in [6.45, 7) is 5.47. The van der Waals surface area contributed by atoms with Gasteiger partial charge in [-0.2, -0.15) is 0 Å². The van der Waals surface area contributed by atoms with Crippen LogP contribution in [0.25, 0.3) is 6.08 Å². The molecule has 1 N–H and O–H groups in total. The quantitative estimate of drug-likeness (QED) is 0.299. The number of hydrogen-bond donors (Lipinski definition) is 1. The van der Waals surface area contributed by atoms with Gasteiger partial charge in [0.05, 0.1) is 26.9 Å². The fraction of sp³-hybridized carbons (Fsp3) is 0.267. The van der Waals surface area contributed by atoms with Crippen LogP contribution in [0, 0.1) is 0 Å². The summed E-state index contributed by atoms with van der Waals surface area (Å²) in [7, 11) is 4.54. The van der Waals surface area contributed by atoms with Crippen molar-refractivity contribution in [3.63, 3.8) is 0 Å². The van der Waals surface area contributed by atoms with Gasteiger partial charge in [0.2, 0.25) is 5.75 Å². The maximum absolute atomic E-state index is 14.5. The van der Waals surface area contributed by atoms with Crippen molar-refractivity contribution in [1.82, 2.24) is 4.90 Å². The molecule has 0 aromatic heterocycles. The number of amides is 2. The third kappa shape index (κ3) is 4.58. The second-order valence-electron chi connectivity index (χ2n) is 9.85. The molecule has 1 heterocycles. The lowest BCUT2D eigenvalue weighted by Gasteiger charge is -2.34. The second kappa shape index (κ2) is 10.4. The van der Waals surface area contributed by atoms with Crippen molar-refractivity contribution < 1.29 is 23.8 Å². The lowest BCUT2D eigenvalue weighted by atomic mass is 9.82. The molecule has 1 aliphatic rings. The van der Waals surface area contributed by atoms with Gasteiger partial charge in [-0.1, -0.05) is 60.1 Å². The van der Waals surface area contributed by atoms with E-state index in [2.05, 4.69) is 5.32 Å². The van der Waals surface area contributed by atoms with Crippen LogP contribution in [0.1, 0.15) is 31.9 Å². The number of nitrogens with one attached hydrogen (secondary N) is 1. The van der Waals surface area contributed by atoms with Crippen molar-refractivity contribution in [1.29, 1.82) is 0 Å². The number of likely N-dealkylation sites (tertiary alicyclic amines) is 1. The number of ether oxygens (including phenoxy) is 3. The average Bonchev–Trinajstić information content (AvgIpc) is 3.10. The lowest BCUT2D eigenvalue weighted by Crippen LogP contribution is -2.50. The van der Waals surface area contributed by atoms with Gasteiger partial charge in [-0.3, -0.25) is 14.5 Å². The largest absolute Gasteiger partial charge is 0.493 e. The van der Waals surface area contributed by atoms with Gasteiger partial charge in [0, 0.05) is 33.9 Å². The van der Waals surface area contributed by atoms with Crippen molar-refractivity contribution in [3.05, 3.63) is 88.5 Å². The van der Waals surface area contributed by atoms with Gasteiger partial charge in [0.1, 0.15) is 0 Å². The molecule has 38 heavy (non-hydrogen) atoms. The van der Waals surface area contributed by atoms with Crippen LogP contribution < -0.4 is 19.5 Å². The summed E-state index contributed by atoms with van der Waals surface area (Å²) in [6, 6.07) is 19.8. The molecule has 1 aliphatic heterocycles. The van der Waals surface area contributed by atoms with E-state index < -0.39 is 22.9 Å². The summed E-state index contributed by atoms with van der Waals surface area (Å²) in [5.41, 5.74) is -0.529. The highest BCUT2D eigenvalue weighted by Crippen LogP contribution is 2.49. The Bertz CT molecular complexity index is 1370. The van der Waals surface area contributed by atoms with E-state index >= 15 is 0 Å². The van der Waals surface area contributed by atoms with Gasteiger partial charge in [-0.05, 0) is 38.5 Å². The minimum atomic E-state index is -1.65. The fourth-order valence-electron chi connectivity index (χ4n) is 4.73. The van der Waals surface area contributed by atoms with E-state index in [9.17, 15) is 9.59 Å². The Kier molecular flexibility index (Phi) is 7.42. The number of nitrogens with zero attached hydrogens (tertiary/aromatic N) is 1. The van der Waals surface area contributed by atoms with E-state index in [1.807, 2.05) is 51.1 Å². The first-order valence-electron chi connectivity index (χ1n) is 12.1. The topological polar surface area (TPSA) is 77.1 Å². The lowest BCUT2D eigenvalue weighted by molar-refractivity contribution is -0.144. The van der Waals surface area contributed by atoms with Crippen molar-refractivity contribution in [2.24, 2.45) is 0 Å². The van der Waals surface area contributed by atoms with Gasteiger partial charge in [0.15, 0.2) is 17.0 Å². The molecule has 8 heteroatoms. The second-order valence-corrected chi connectivity index (χ2v) is 10.3. The third-order valence-electron chi connectivity index (χ3n) is 6.42. The summed E-state index contributed by atoms with van der Waals surface area (Å²) < 4.78 is 16.6. The summed E-state index contributed by atoms with van der Waals surface area (Å²) in [5.74, 6) is 0.325. The van der Waals surface area contributed by atoms with Gasteiger partial charge >= 0.3 is 0 Å². The molecule has 0 radical (unpaired) electrons. The van der Waals surface area contributed by atoms with Crippen molar-refractivity contribution in [3.8, 4) is 17.2 Å². The van der Waals surface area contributed by atoms with Crippen molar-refractivity contribution >= 4 is 35.2 Å². The molecule has 1 saturated heterocycles. The van der Waals surface area contributed by atoms with Crippen LogP contribution in [0.15, 0.2) is 72.3 Å². The highest BCUT2D eigenvalue weighted by atomic mass is 35.5. The predicted octanol–water partition coefficient (Wildman–Crippen LogP) is 5.92. The van der Waals surface area contributed by atoms with Crippen LogP contribution in [0.5, 0.6) is 17.2 Å². The van der Waals surface area contributed by atoms with Gasteiger partial charge in [-0.15, -0.1) is 0 Å². The summed E-state index contributed by atoms with van der Waals surface area (Å²) in [6.07, 6.45) is 1.74. The number of halogens is 1. The summed E-state index contributed by atoms with van der Waals surface area (Å²) in [4.78, 5) is 29.9. The SMILES string of the molecule is COc1cc(NC2(c3ccccc3Cl)C(=O)N(C(C)(C)C)C(=O)C2=Cc2ccccc2)cc(OC)c1OC. The number of anilines is 1. The van der Waals surface area contributed by atoms with E-state index in [0.29, 0.717) is 33.5 Å². The zero-order chi connectivity index (χ0) is 27.7. The van der Waals surface area contributed by atoms with Crippen molar-refractivity contribution in [2.75, 3.05) is 26.6 Å². The molecule has 4 rings (SSSR count). The number of benzene rings is 3. The molecular weight excluding hydrogens is 504 g/mol. The number of hydrogen-bond acceptors (Lipinski definition) is 6. The van der Waals surface area contributed by atoms with E-state index in [-0.39, 0.29) is 5.57 Å². The van der Waals surface area contributed by atoms with E-state index in [0.717, 1.165) is 5.56 Å². The van der Waals surface area contributed by atoms with Gasteiger partial charge in [0.25, 0.3) is 11.8 Å². The Hall–Kier alpha value is -3.97. The number of rotatable bonds is 7. The van der Waals surface area contributed by atoms with Crippen molar-refractivity contribution in [2.45, 2.75) is 31.8 Å². The molecule has 0 aliphatic carbocycles. The number of imide groups is 1. The zero-order valence-electron chi connectivity index (χ0n) is 22.3. The molecule has 1 atom stereocenters. The van der Waals surface area contributed by atoms with Gasteiger partial charge < -0.3 is 19.5 Å². The number of methoxy groups -OCH3 is 3. The summed E-state index contributed by atoms with van der Waals surface area (Å²) in [5, 5.41) is 3.72. The molecule has 7 nitrogen and oxygen atoms in total. The Morgan fingerprint density at radius 2 is 1.45 bits per heavy atom. The highest BCUT2D eigenvalue weighted by Gasteiger charge is 2.60. The molecular formula is C30H31ClN2O5. The average molecular weight is 535 g/mol. The minimum Gasteiger partial charge on any atom is -0.493 e. The molecule has 3 aromatic rings. The first-order chi connectivity index (χ1) is 18.1. The number of carbonyl (C=O) groups excluding carboxylic acids is 2. The van der Waals surface area contributed by atoms with Crippen LogP contribution in [-0.4, -0.2) is 43.6 Å². The molecule has 0 bridgehead atoms. The van der Waals surface area contributed by atoms with Crippen LogP contribution >= 0.6 is 11.6 Å². The Balaban J connectivity index is 2.07. The normalized spacial score (nSPS) is 18.6. The Morgan fingerprint density at radius 3 is 1.97 bits per heavy atom. The zero-order valence-corrected chi connectivity index (χ0v) is 23.1. The first kappa shape index (κ1) is 27.1. The van der Waals surface area contributed by atoms with E-state index in [4.69, 9.17) is 25.8 Å². The molecule has 1 unspecified atom stereocenters. The predicted molar refractivity (Wildman–Crippen MR) is 149 cm³/mol.